The maximum absolute atomic E-state index is 13.9. The quantitative estimate of drug-likeness (QED) is 0.817. The first-order valence-electron chi connectivity index (χ1n) is 9.30. The zero-order valence-corrected chi connectivity index (χ0v) is 16.0. The van der Waals surface area contributed by atoms with Gasteiger partial charge in [-0.25, -0.2) is 18.6 Å². The number of halogens is 2. The van der Waals surface area contributed by atoms with E-state index in [2.05, 4.69) is 15.6 Å². The van der Waals surface area contributed by atoms with Crippen molar-refractivity contribution in [3.63, 3.8) is 0 Å². The summed E-state index contributed by atoms with van der Waals surface area (Å²) in [6.07, 6.45) is 4.79. The van der Waals surface area contributed by atoms with Gasteiger partial charge in [0.2, 0.25) is 0 Å². The summed E-state index contributed by atoms with van der Waals surface area (Å²) in [6.45, 7) is 0.675. The minimum absolute atomic E-state index is 0.149. The molecule has 1 aromatic heterocycles. The van der Waals surface area contributed by atoms with Crippen molar-refractivity contribution >= 4 is 28.4 Å². The molecule has 1 aliphatic heterocycles. The molecular formula is C19H20F2N4O2S. The third kappa shape index (κ3) is 3.99. The molecule has 148 valence electrons. The van der Waals surface area contributed by atoms with Crippen LogP contribution in [0.2, 0.25) is 0 Å². The molecule has 1 fully saturated rings. The van der Waals surface area contributed by atoms with Crippen LogP contribution in [-0.4, -0.2) is 34.4 Å². The van der Waals surface area contributed by atoms with Gasteiger partial charge in [-0.3, -0.25) is 10.1 Å². The van der Waals surface area contributed by atoms with Crippen LogP contribution in [0, 0.1) is 11.6 Å². The van der Waals surface area contributed by atoms with E-state index in [1.807, 2.05) is 0 Å². The molecule has 0 radical (unpaired) electrons. The number of benzene rings is 1. The molecule has 1 aliphatic carbocycles. The number of carbonyl (C=O) groups is 2. The van der Waals surface area contributed by atoms with E-state index in [1.54, 1.807) is 0 Å². The van der Waals surface area contributed by atoms with Gasteiger partial charge in [-0.2, -0.15) is 0 Å². The molecular weight excluding hydrogens is 386 g/mol. The average Bonchev–Trinajstić information content (AvgIpc) is 3.29. The molecule has 6 nitrogen and oxygen atoms in total. The number of fused-ring (bicyclic) bond motifs is 1. The number of amides is 3. The lowest BCUT2D eigenvalue weighted by Gasteiger charge is -2.26. The van der Waals surface area contributed by atoms with Gasteiger partial charge in [-0.15, -0.1) is 0 Å². The van der Waals surface area contributed by atoms with Gasteiger partial charge >= 0.3 is 6.03 Å². The second-order valence-corrected chi connectivity index (χ2v) is 8.15. The lowest BCUT2D eigenvalue weighted by Crippen LogP contribution is -2.36. The third-order valence-electron chi connectivity index (χ3n) is 5.09. The standard InChI is InChI=1S/C19H20F2N4O2S/c20-11-5-6-13(14(21)9-11)17(26)25-8-7-15-16(10-25)28-19(23-15)24-18(27)22-12-3-1-2-4-12/h5-6,9,12H,1-4,7-8,10H2,(H2,22,23,24,27). The van der Waals surface area contributed by atoms with Gasteiger partial charge in [-0.1, -0.05) is 24.2 Å². The molecule has 4 rings (SSSR count). The van der Waals surface area contributed by atoms with Crippen molar-refractivity contribution in [2.45, 2.75) is 44.7 Å². The summed E-state index contributed by atoms with van der Waals surface area (Å²) in [7, 11) is 0. The molecule has 0 saturated heterocycles. The molecule has 0 bridgehead atoms. The van der Waals surface area contributed by atoms with Crippen molar-refractivity contribution in [1.82, 2.24) is 15.2 Å². The summed E-state index contributed by atoms with van der Waals surface area (Å²) >= 11 is 1.31. The number of nitrogens with zero attached hydrogens (tertiary/aromatic N) is 2. The average molecular weight is 406 g/mol. The number of rotatable bonds is 3. The van der Waals surface area contributed by atoms with E-state index >= 15 is 0 Å². The van der Waals surface area contributed by atoms with E-state index in [9.17, 15) is 18.4 Å². The Kier molecular flexibility index (Phi) is 5.25. The van der Waals surface area contributed by atoms with E-state index in [-0.39, 0.29) is 24.2 Å². The molecule has 2 heterocycles. The third-order valence-corrected chi connectivity index (χ3v) is 6.09. The monoisotopic (exact) mass is 406 g/mol. The van der Waals surface area contributed by atoms with Crippen molar-refractivity contribution < 1.29 is 18.4 Å². The Balaban J connectivity index is 1.41. The molecule has 2 N–H and O–H groups in total. The van der Waals surface area contributed by atoms with Gasteiger partial charge in [0.1, 0.15) is 11.6 Å². The zero-order valence-electron chi connectivity index (χ0n) is 15.1. The van der Waals surface area contributed by atoms with E-state index in [0.717, 1.165) is 48.4 Å². The number of urea groups is 1. The topological polar surface area (TPSA) is 74.3 Å². The Morgan fingerprint density at radius 1 is 1.21 bits per heavy atom. The fraction of sp³-hybridized carbons (Fsp3) is 0.421. The van der Waals surface area contributed by atoms with Crippen molar-refractivity contribution in [2.24, 2.45) is 0 Å². The largest absolute Gasteiger partial charge is 0.335 e. The van der Waals surface area contributed by atoms with Gasteiger partial charge in [-0.05, 0) is 25.0 Å². The van der Waals surface area contributed by atoms with Gasteiger partial charge < -0.3 is 10.2 Å². The molecule has 2 aliphatic rings. The van der Waals surface area contributed by atoms with Crippen LogP contribution in [0.25, 0.3) is 0 Å². The van der Waals surface area contributed by atoms with E-state index in [0.29, 0.717) is 24.2 Å². The lowest BCUT2D eigenvalue weighted by atomic mass is 10.1. The Labute approximate surface area is 164 Å². The summed E-state index contributed by atoms with van der Waals surface area (Å²) in [5, 5.41) is 6.20. The fourth-order valence-electron chi connectivity index (χ4n) is 3.64. The van der Waals surface area contributed by atoms with Gasteiger partial charge in [0.25, 0.3) is 5.91 Å². The number of anilines is 1. The minimum atomic E-state index is -0.869. The molecule has 1 saturated carbocycles. The first kappa shape index (κ1) is 18.8. The highest BCUT2D eigenvalue weighted by atomic mass is 32.1. The van der Waals surface area contributed by atoms with Gasteiger partial charge in [0.15, 0.2) is 5.13 Å². The summed E-state index contributed by atoms with van der Waals surface area (Å²) in [6, 6.07) is 2.90. The van der Waals surface area contributed by atoms with Crippen LogP contribution in [0.5, 0.6) is 0 Å². The maximum Gasteiger partial charge on any atom is 0.321 e. The van der Waals surface area contributed by atoms with Crippen LogP contribution in [0.1, 0.15) is 46.6 Å². The van der Waals surface area contributed by atoms with Crippen LogP contribution < -0.4 is 10.6 Å². The molecule has 0 spiro atoms. The Hall–Kier alpha value is -2.55. The molecule has 9 heteroatoms. The highest BCUT2D eigenvalue weighted by molar-refractivity contribution is 7.15. The van der Waals surface area contributed by atoms with Gasteiger partial charge in [0.05, 0.1) is 17.8 Å². The minimum Gasteiger partial charge on any atom is -0.335 e. The summed E-state index contributed by atoms with van der Waals surface area (Å²) in [4.78, 5) is 31.5. The molecule has 3 amide bonds. The Bertz CT molecular complexity index is 911. The van der Waals surface area contributed by atoms with Crippen LogP contribution in [0.4, 0.5) is 18.7 Å². The first-order chi connectivity index (χ1) is 13.5. The first-order valence-corrected chi connectivity index (χ1v) is 10.1. The van der Waals surface area contributed by atoms with Crippen molar-refractivity contribution in [2.75, 3.05) is 11.9 Å². The molecule has 0 atom stereocenters. The second-order valence-electron chi connectivity index (χ2n) is 7.07. The number of hydrogen-bond acceptors (Lipinski definition) is 4. The van der Waals surface area contributed by atoms with Crippen LogP contribution in [0.15, 0.2) is 18.2 Å². The Morgan fingerprint density at radius 3 is 2.75 bits per heavy atom. The maximum atomic E-state index is 13.9. The van der Waals surface area contributed by atoms with Crippen molar-refractivity contribution in [3.8, 4) is 0 Å². The molecule has 2 aromatic rings. The number of aromatic nitrogens is 1. The lowest BCUT2D eigenvalue weighted by molar-refractivity contribution is 0.0731. The molecule has 28 heavy (non-hydrogen) atoms. The van der Waals surface area contributed by atoms with Gasteiger partial charge in [0, 0.05) is 30.0 Å². The molecule has 1 aromatic carbocycles. The van der Waals surface area contributed by atoms with Crippen LogP contribution in [-0.2, 0) is 13.0 Å². The van der Waals surface area contributed by atoms with Crippen LogP contribution >= 0.6 is 11.3 Å². The summed E-state index contributed by atoms with van der Waals surface area (Å²) in [5.41, 5.74) is 0.688. The fourth-order valence-corrected chi connectivity index (χ4v) is 4.66. The highest BCUT2D eigenvalue weighted by Crippen LogP contribution is 2.29. The zero-order chi connectivity index (χ0) is 19.7. The summed E-state index contributed by atoms with van der Waals surface area (Å²) in [5.74, 6) is -2.07. The smallest absolute Gasteiger partial charge is 0.321 e. The SMILES string of the molecule is O=C(Nc1nc2c(s1)CN(C(=O)c1ccc(F)cc1F)CC2)NC1CCCC1. The van der Waals surface area contributed by atoms with Crippen LogP contribution in [0.3, 0.4) is 0 Å². The predicted octanol–water partition coefficient (Wildman–Crippen LogP) is 3.68. The number of hydrogen-bond donors (Lipinski definition) is 2. The number of thiazole rings is 1. The van der Waals surface area contributed by atoms with Crippen molar-refractivity contribution in [3.05, 3.63) is 46.0 Å². The number of carbonyl (C=O) groups excluding carboxylic acids is 2. The van der Waals surface area contributed by atoms with Crippen molar-refractivity contribution in [1.29, 1.82) is 0 Å². The molecule has 0 unspecified atom stereocenters. The highest BCUT2D eigenvalue weighted by Gasteiger charge is 2.27. The summed E-state index contributed by atoms with van der Waals surface area (Å²) < 4.78 is 27.0. The van der Waals surface area contributed by atoms with E-state index in [1.165, 1.54) is 16.2 Å². The predicted molar refractivity (Wildman–Crippen MR) is 101 cm³/mol. The van der Waals surface area contributed by atoms with E-state index in [4.69, 9.17) is 0 Å². The van der Waals surface area contributed by atoms with E-state index < -0.39 is 17.5 Å². The second kappa shape index (κ2) is 7.83. The Morgan fingerprint density at radius 2 is 2.00 bits per heavy atom. The number of nitrogens with one attached hydrogen (secondary N) is 2. The normalized spacial score (nSPS) is 16.7.